The highest BCUT2D eigenvalue weighted by molar-refractivity contribution is 8.05. The molecule has 0 amide bonds. The van der Waals surface area contributed by atoms with Gasteiger partial charge in [-0.2, -0.15) is 8.42 Å². The molecule has 0 aliphatic carbocycles. The first-order chi connectivity index (χ1) is 19.7. The second-order valence-electron chi connectivity index (χ2n) is 9.73. The summed E-state index contributed by atoms with van der Waals surface area (Å²) >= 11 is 0. The summed E-state index contributed by atoms with van der Waals surface area (Å²) in [5, 5.41) is 12.7. The van der Waals surface area contributed by atoms with Crippen molar-refractivity contribution in [3.8, 4) is 23.8 Å². The normalized spacial score (nSPS) is 14.9. The average molecular weight is 616 g/mol. The number of nitrogens with zero attached hydrogens (tertiary/aromatic N) is 1. The minimum atomic E-state index is -4.88. The van der Waals surface area contributed by atoms with Gasteiger partial charge in [0.05, 0.1) is 30.2 Å². The van der Waals surface area contributed by atoms with E-state index in [1.54, 1.807) is 36.2 Å². The zero-order chi connectivity index (χ0) is 31.0. The number of carboxylic acid groups (broad SMARTS) is 1. The summed E-state index contributed by atoms with van der Waals surface area (Å²) in [7, 11) is -8.26. The molecule has 0 aromatic heterocycles. The van der Waals surface area contributed by atoms with Crippen molar-refractivity contribution in [1.82, 2.24) is 9.44 Å². The van der Waals surface area contributed by atoms with Crippen molar-refractivity contribution in [3.05, 3.63) is 59.2 Å². The highest BCUT2D eigenvalue weighted by Crippen LogP contribution is 2.42. The van der Waals surface area contributed by atoms with Gasteiger partial charge in [-0.1, -0.05) is 40.4 Å². The van der Waals surface area contributed by atoms with Gasteiger partial charge in [0.15, 0.2) is 11.5 Å². The van der Waals surface area contributed by atoms with Crippen LogP contribution in [-0.2, 0) is 29.8 Å². The highest BCUT2D eigenvalue weighted by Gasteiger charge is 2.37. The zero-order valence-electron chi connectivity index (χ0n) is 23.2. The number of benzene rings is 3. The van der Waals surface area contributed by atoms with Crippen LogP contribution in [0.15, 0.2) is 47.4 Å². The molecular formula is C28H29N3O9S2. The summed E-state index contributed by atoms with van der Waals surface area (Å²) in [5.41, 5.74) is 1.27. The summed E-state index contributed by atoms with van der Waals surface area (Å²) in [6.07, 6.45) is 5.54. The van der Waals surface area contributed by atoms with E-state index >= 15 is 0 Å². The van der Waals surface area contributed by atoms with E-state index in [4.69, 9.17) is 21.0 Å². The summed E-state index contributed by atoms with van der Waals surface area (Å²) < 4.78 is 67.5. The molecule has 1 heterocycles. The molecule has 1 aliphatic rings. The Morgan fingerprint density at radius 2 is 1.83 bits per heavy atom. The Morgan fingerprint density at radius 3 is 2.45 bits per heavy atom. The Morgan fingerprint density at radius 1 is 1.17 bits per heavy atom. The number of rotatable bonds is 10. The molecule has 0 spiro atoms. The average Bonchev–Trinajstić information content (AvgIpc) is 3.00. The lowest BCUT2D eigenvalue weighted by atomic mass is 9.98. The van der Waals surface area contributed by atoms with Crippen LogP contribution in [0.2, 0.25) is 0 Å². The molecule has 0 saturated heterocycles. The van der Waals surface area contributed by atoms with E-state index in [0.29, 0.717) is 20.8 Å². The number of carbonyl (C=O) groups is 2. The van der Waals surface area contributed by atoms with Gasteiger partial charge in [0, 0.05) is 17.0 Å². The van der Waals surface area contributed by atoms with E-state index in [2.05, 4.69) is 11.2 Å². The van der Waals surface area contributed by atoms with Crippen LogP contribution in [0.1, 0.15) is 36.1 Å². The molecule has 3 aromatic rings. The van der Waals surface area contributed by atoms with E-state index < -0.39 is 50.8 Å². The van der Waals surface area contributed by atoms with Gasteiger partial charge in [-0.05, 0) is 49.4 Å². The van der Waals surface area contributed by atoms with E-state index in [-0.39, 0.29) is 39.5 Å². The van der Waals surface area contributed by atoms with Crippen molar-refractivity contribution in [2.75, 3.05) is 18.0 Å². The summed E-state index contributed by atoms with van der Waals surface area (Å²) in [5.74, 6) is 0.884. The molecule has 0 unspecified atom stereocenters. The van der Waals surface area contributed by atoms with E-state index in [1.165, 1.54) is 38.3 Å². The van der Waals surface area contributed by atoms with Crippen molar-refractivity contribution >= 4 is 48.6 Å². The van der Waals surface area contributed by atoms with Gasteiger partial charge in [-0.15, -0.1) is 6.42 Å². The number of carboxylic acids is 1. The standard InChI is InChI=1S/C28H29N3O9S2/c1-6-22(29-17(3)14-25(32)33)20-11-12-24(21-10-8-7-9-19(20)21)41(35,36)30-42(37,38)31-15-26(34)40-28-18(4)27(31)16(2)13-23(28)39-5/h1,7-13,17,22,29-30H,14-15H2,2-5H3,(H,32,33)/t17-,22-/m0/s1. The van der Waals surface area contributed by atoms with Crippen LogP contribution >= 0.6 is 0 Å². The highest BCUT2D eigenvalue weighted by atomic mass is 32.3. The number of hydrogen-bond donors (Lipinski definition) is 3. The molecule has 3 aromatic carbocycles. The number of methoxy groups -OCH3 is 1. The maximum Gasteiger partial charge on any atom is 0.332 e. The Kier molecular flexibility index (Phi) is 8.51. The number of aliphatic carboxylic acids is 1. The number of esters is 1. The largest absolute Gasteiger partial charge is 0.493 e. The third kappa shape index (κ3) is 5.90. The quantitative estimate of drug-likeness (QED) is 0.175. The topological polar surface area (TPSA) is 168 Å². The van der Waals surface area contributed by atoms with Crippen LogP contribution in [0.3, 0.4) is 0 Å². The monoisotopic (exact) mass is 615 g/mol. The summed E-state index contributed by atoms with van der Waals surface area (Å²) in [4.78, 5) is 23.3. The van der Waals surface area contributed by atoms with Crippen LogP contribution in [0.4, 0.5) is 5.69 Å². The Bertz CT molecular complexity index is 1850. The number of nitrogens with one attached hydrogen (secondary N) is 2. The number of anilines is 1. The van der Waals surface area contributed by atoms with Crippen LogP contribution in [0, 0.1) is 26.2 Å². The number of carbonyl (C=O) groups excluding carboxylic acids is 1. The second kappa shape index (κ2) is 11.6. The molecule has 4 rings (SSSR count). The fraction of sp³-hybridized carbons (Fsp3) is 0.286. The maximum atomic E-state index is 13.6. The van der Waals surface area contributed by atoms with Gasteiger partial charge < -0.3 is 14.6 Å². The molecule has 12 nitrogen and oxygen atoms in total. The lowest BCUT2D eigenvalue weighted by Crippen LogP contribution is -2.46. The Labute approximate surface area is 243 Å². The van der Waals surface area contributed by atoms with Crippen molar-refractivity contribution in [1.29, 1.82) is 0 Å². The maximum absolute atomic E-state index is 13.6. The van der Waals surface area contributed by atoms with Gasteiger partial charge in [0.1, 0.15) is 6.54 Å². The molecule has 1 aliphatic heterocycles. The number of ether oxygens (including phenoxy) is 2. The van der Waals surface area contributed by atoms with Gasteiger partial charge in [-0.25, -0.2) is 17.5 Å². The molecule has 2 bridgehead atoms. The molecule has 2 atom stereocenters. The van der Waals surface area contributed by atoms with Gasteiger partial charge in [-0.3, -0.25) is 10.1 Å². The van der Waals surface area contributed by atoms with Crippen molar-refractivity contribution in [2.45, 2.75) is 44.2 Å². The smallest absolute Gasteiger partial charge is 0.332 e. The number of fused-ring (bicyclic) bond motifs is 3. The minimum absolute atomic E-state index is 0.0413. The lowest BCUT2D eigenvalue weighted by molar-refractivity contribution is -0.137. The molecule has 0 saturated carbocycles. The van der Waals surface area contributed by atoms with Crippen LogP contribution < -0.4 is 23.2 Å². The number of hydrogen-bond acceptors (Lipinski definition) is 9. The second-order valence-corrected chi connectivity index (χ2v) is 13.2. The summed E-state index contributed by atoms with van der Waals surface area (Å²) in [6.45, 7) is 4.01. The van der Waals surface area contributed by atoms with Crippen LogP contribution in [-0.4, -0.2) is 53.6 Å². The van der Waals surface area contributed by atoms with Gasteiger partial charge in [0.25, 0.3) is 10.0 Å². The van der Waals surface area contributed by atoms with Crippen molar-refractivity contribution in [3.63, 3.8) is 0 Å². The molecule has 0 fully saturated rings. The first-order valence-corrected chi connectivity index (χ1v) is 15.5. The molecule has 222 valence electrons. The van der Waals surface area contributed by atoms with Gasteiger partial charge in [0.2, 0.25) is 0 Å². The first kappa shape index (κ1) is 30.8. The van der Waals surface area contributed by atoms with Crippen LogP contribution in [0.25, 0.3) is 10.8 Å². The van der Waals surface area contributed by atoms with Crippen molar-refractivity contribution in [2.24, 2.45) is 0 Å². The molecular weight excluding hydrogens is 586 g/mol. The van der Waals surface area contributed by atoms with E-state index in [9.17, 15) is 26.4 Å². The van der Waals surface area contributed by atoms with E-state index in [1.807, 2.05) is 0 Å². The SMILES string of the molecule is C#C[C@H](N[C@@H](C)CC(=O)O)c1ccc(S(=O)(=O)NS(=O)(=O)N2CC(=O)Oc3c(OC)cc(C)c2c3C)c2ccccc12. The van der Waals surface area contributed by atoms with Crippen molar-refractivity contribution < 1.29 is 41.0 Å². The van der Waals surface area contributed by atoms with E-state index in [0.717, 1.165) is 0 Å². The van der Waals surface area contributed by atoms with Gasteiger partial charge >= 0.3 is 22.1 Å². The minimum Gasteiger partial charge on any atom is -0.493 e. The number of aryl methyl sites for hydroxylation is 1. The fourth-order valence-electron chi connectivity index (χ4n) is 4.97. The molecule has 3 N–H and O–H groups in total. The Hall–Kier alpha value is -4.16. The Balaban J connectivity index is 1.76. The third-order valence-electron chi connectivity index (χ3n) is 6.72. The van der Waals surface area contributed by atoms with Crippen LogP contribution in [0.5, 0.6) is 11.5 Å². The zero-order valence-corrected chi connectivity index (χ0v) is 24.8. The lowest BCUT2D eigenvalue weighted by Gasteiger charge is -2.25. The summed E-state index contributed by atoms with van der Waals surface area (Å²) in [6, 6.07) is 9.28. The molecule has 0 radical (unpaired) electrons. The molecule has 14 heteroatoms. The third-order valence-corrected chi connectivity index (χ3v) is 10.3. The number of sulfonamides is 1. The fourth-order valence-corrected chi connectivity index (χ4v) is 8.31. The predicted molar refractivity (Wildman–Crippen MR) is 155 cm³/mol. The number of terminal acetylenes is 1. The molecule has 42 heavy (non-hydrogen) atoms. The predicted octanol–water partition coefficient (Wildman–Crippen LogP) is 2.54. The first-order valence-electron chi connectivity index (χ1n) is 12.6.